The molecule has 0 radical (unpaired) electrons. The highest BCUT2D eigenvalue weighted by atomic mass is 35.5. The standard InChI is InChI=1S/C14H17FN4O2.2ClH/c15-8-1-3-10-11(5-8)19-13(18-10)7-17-14(20)12-4-2-9(6-16)21-12;;/h1,3,5,9,12H,2,4,6-7,16H2,(H,17,20)(H,18,19);2*1H/t9-,12+;;/m1../s1. The maximum absolute atomic E-state index is 13.1. The number of ether oxygens (including phenoxy) is 1. The zero-order chi connectivity index (χ0) is 14.8. The van der Waals surface area contributed by atoms with Gasteiger partial charge in [0.25, 0.3) is 0 Å². The van der Waals surface area contributed by atoms with E-state index >= 15 is 0 Å². The molecule has 0 aliphatic carbocycles. The fourth-order valence-corrected chi connectivity index (χ4v) is 2.48. The minimum atomic E-state index is -0.444. The fraction of sp³-hybridized carbons (Fsp3) is 0.429. The van der Waals surface area contributed by atoms with Crippen LogP contribution in [0.2, 0.25) is 0 Å². The molecule has 1 aliphatic heterocycles. The number of benzene rings is 1. The Morgan fingerprint density at radius 3 is 2.91 bits per heavy atom. The number of imidazole rings is 1. The molecule has 128 valence electrons. The molecule has 1 aliphatic rings. The topological polar surface area (TPSA) is 93.0 Å². The van der Waals surface area contributed by atoms with Crippen LogP contribution in [0, 0.1) is 5.82 Å². The second-order valence-corrected chi connectivity index (χ2v) is 5.12. The van der Waals surface area contributed by atoms with Gasteiger partial charge in [-0.25, -0.2) is 9.37 Å². The monoisotopic (exact) mass is 364 g/mol. The third kappa shape index (κ3) is 4.54. The summed E-state index contributed by atoms with van der Waals surface area (Å²) in [5, 5.41) is 2.77. The molecule has 0 unspecified atom stereocenters. The Hall–Kier alpha value is -1.41. The Morgan fingerprint density at radius 2 is 2.22 bits per heavy atom. The van der Waals surface area contributed by atoms with E-state index < -0.39 is 6.10 Å². The molecule has 23 heavy (non-hydrogen) atoms. The first-order valence-electron chi connectivity index (χ1n) is 6.93. The highest BCUT2D eigenvalue weighted by molar-refractivity contribution is 5.85. The van der Waals surface area contributed by atoms with Crippen LogP contribution in [0.15, 0.2) is 18.2 Å². The number of aromatic amines is 1. The van der Waals surface area contributed by atoms with Gasteiger partial charge in [-0.3, -0.25) is 4.79 Å². The summed E-state index contributed by atoms with van der Waals surface area (Å²) in [6.45, 7) is 0.682. The molecule has 4 N–H and O–H groups in total. The van der Waals surface area contributed by atoms with Crippen LogP contribution in [0.25, 0.3) is 11.0 Å². The molecule has 3 rings (SSSR count). The molecular weight excluding hydrogens is 346 g/mol. The summed E-state index contributed by atoms with van der Waals surface area (Å²) < 4.78 is 18.6. The highest BCUT2D eigenvalue weighted by Gasteiger charge is 2.29. The second-order valence-electron chi connectivity index (χ2n) is 5.12. The maximum Gasteiger partial charge on any atom is 0.249 e. The van der Waals surface area contributed by atoms with Crippen LogP contribution in [0.1, 0.15) is 18.7 Å². The van der Waals surface area contributed by atoms with Gasteiger partial charge in [0, 0.05) is 6.54 Å². The van der Waals surface area contributed by atoms with Gasteiger partial charge in [0.15, 0.2) is 0 Å². The summed E-state index contributed by atoms with van der Waals surface area (Å²) in [5.41, 5.74) is 6.79. The van der Waals surface area contributed by atoms with Crippen LogP contribution in [0.4, 0.5) is 4.39 Å². The summed E-state index contributed by atoms with van der Waals surface area (Å²) in [6.07, 6.45) is 1.01. The summed E-state index contributed by atoms with van der Waals surface area (Å²) in [4.78, 5) is 19.2. The van der Waals surface area contributed by atoms with Crippen molar-refractivity contribution in [3.63, 3.8) is 0 Å². The van der Waals surface area contributed by atoms with Crippen molar-refractivity contribution in [2.45, 2.75) is 31.6 Å². The molecule has 6 nitrogen and oxygen atoms in total. The van der Waals surface area contributed by atoms with Crippen LogP contribution in [-0.2, 0) is 16.1 Å². The number of fused-ring (bicyclic) bond motifs is 1. The first kappa shape index (κ1) is 19.6. The van der Waals surface area contributed by atoms with Crippen molar-refractivity contribution in [1.82, 2.24) is 15.3 Å². The summed E-state index contributed by atoms with van der Waals surface area (Å²) in [5.74, 6) is 0.0869. The van der Waals surface area contributed by atoms with Gasteiger partial charge in [-0.2, -0.15) is 0 Å². The van der Waals surface area contributed by atoms with Crippen LogP contribution < -0.4 is 11.1 Å². The Bertz CT molecular complexity index is 667. The number of nitrogens with one attached hydrogen (secondary N) is 2. The van der Waals surface area contributed by atoms with Crippen molar-refractivity contribution in [2.75, 3.05) is 6.54 Å². The number of carbonyl (C=O) groups excluding carboxylic acids is 1. The molecule has 1 saturated heterocycles. The number of halogens is 3. The van der Waals surface area contributed by atoms with Gasteiger partial charge >= 0.3 is 0 Å². The first-order chi connectivity index (χ1) is 10.2. The van der Waals surface area contributed by atoms with Crippen molar-refractivity contribution in [1.29, 1.82) is 0 Å². The van der Waals surface area contributed by atoms with Crippen LogP contribution in [0.5, 0.6) is 0 Å². The van der Waals surface area contributed by atoms with E-state index in [1.165, 1.54) is 12.1 Å². The zero-order valence-corrected chi connectivity index (χ0v) is 13.9. The highest BCUT2D eigenvalue weighted by Crippen LogP contribution is 2.19. The van der Waals surface area contributed by atoms with E-state index in [-0.39, 0.29) is 49.2 Å². The van der Waals surface area contributed by atoms with Gasteiger partial charge in [-0.1, -0.05) is 0 Å². The number of H-pyrrole nitrogens is 1. The molecule has 2 aromatic rings. The van der Waals surface area contributed by atoms with Gasteiger partial charge in [-0.15, -0.1) is 24.8 Å². The average Bonchev–Trinajstić information content (AvgIpc) is 3.10. The van der Waals surface area contributed by atoms with Crippen LogP contribution in [0.3, 0.4) is 0 Å². The summed E-state index contributed by atoms with van der Waals surface area (Å²) >= 11 is 0. The van der Waals surface area contributed by atoms with Crippen molar-refractivity contribution in [2.24, 2.45) is 5.73 Å². The number of hydrogen-bond donors (Lipinski definition) is 3. The van der Waals surface area contributed by atoms with Gasteiger partial charge in [0.2, 0.25) is 5.91 Å². The second kappa shape index (κ2) is 8.44. The Labute approximate surface area is 145 Å². The molecule has 1 aromatic heterocycles. The van der Waals surface area contributed by atoms with Crippen LogP contribution in [-0.4, -0.2) is 34.6 Å². The van der Waals surface area contributed by atoms with Crippen molar-refractivity contribution in [3.8, 4) is 0 Å². The summed E-state index contributed by atoms with van der Waals surface area (Å²) in [6, 6.07) is 4.32. The van der Waals surface area contributed by atoms with Crippen molar-refractivity contribution in [3.05, 3.63) is 29.8 Å². The maximum atomic E-state index is 13.1. The minimum Gasteiger partial charge on any atom is -0.364 e. The van der Waals surface area contributed by atoms with Crippen LogP contribution >= 0.6 is 24.8 Å². The SMILES string of the molecule is Cl.Cl.NC[C@H]1CC[C@@H](C(=O)NCc2nc3ccc(F)cc3[nH]2)O1. The molecule has 0 spiro atoms. The quantitative estimate of drug-likeness (QED) is 0.769. The van der Waals surface area contributed by atoms with Gasteiger partial charge in [-0.05, 0) is 31.0 Å². The van der Waals surface area contributed by atoms with E-state index in [0.29, 0.717) is 29.8 Å². The normalized spacial score (nSPS) is 19.9. The Morgan fingerprint density at radius 1 is 1.43 bits per heavy atom. The van der Waals surface area contributed by atoms with Crippen molar-refractivity contribution >= 4 is 41.8 Å². The van der Waals surface area contributed by atoms with E-state index in [1.807, 2.05) is 0 Å². The predicted octanol–water partition coefficient (Wildman–Crippen LogP) is 1.67. The van der Waals surface area contributed by atoms with E-state index in [4.69, 9.17) is 10.5 Å². The molecule has 1 aromatic carbocycles. The van der Waals surface area contributed by atoms with E-state index in [9.17, 15) is 9.18 Å². The Balaban J connectivity index is 0.00000132. The smallest absolute Gasteiger partial charge is 0.249 e. The Kier molecular flexibility index (Phi) is 7.21. The number of rotatable bonds is 4. The molecule has 9 heteroatoms. The molecule has 2 atom stereocenters. The number of hydrogen-bond acceptors (Lipinski definition) is 4. The van der Waals surface area contributed by atoms with E-state index in [2.05, 4.69) is 15.3 Å². The van der Waals surface area contributed by atoms with Gasteiger partial charge in [0.05, 0.1) is 23.7 Å². The number of aromatic nitrogens is 2. The largest absolute Gasteiger partial charge is 0.364 e. The molecular formula is C14H19Cl2FN4O2. The number of nitrogens with two attached hydrogens (primary N) is 1. The van der Waals surface area contributed by atoms with Crippen molar-refractivity contribution < 1.29 is 13.9 Å². The van der Waals surface area contributed by atoms with Gasteiger partial charge < -0.3 is 20.8 Å². The van der Waals surface area contributed by atoms with Gasteiger partial charge in [0.1, 0.15) is 17.7 Å². The third-order valence-corrected chi connectivity index (χ3v) is 3.59. The number of carbonyl (C=O) groups is 1. The first-order valence-corrected chi connectivity index (χ1v) is 6.93. The molecule has 1 amide bonds. The zero-order valence-electron chi connectivity index (χ0n) is 12.3. The lowest BCUT2D eigenvalue weighted by atomic mass is 10.2. The fourth-order valence-electron chi connectivity index (χ4n) is 2.48. The number of amides is 1. The lowest BCUT2D eigenvalue weighted by molar-refractivity contribution is -0.132. The number of nitrogens with zero attached hydrogens (tertiary/aromatic N) is 1. The van der Waals surface area contributed by atoms with E-state index in [0.717, 1.165) is 6.42 Å². The molecule has 0 saturated carbocycles. The van der Waals surface area contributed by atoms with E-state index in [1.54, 1.807) is 6.07 Å². The third-order valence-electron chi connectivity index (χ3n) is 3.59. The molecule has 1 fully saturated rings. The lowest BCUT2D eigenvalue weighted by Crippen LogP contribution is -2.35. The average molecular weight is 365 g/mol. The molecule has 2 heterocycles. The lowest BCUT2D eigenvalue weighted by Gasteiger charge is -2.11. The summed E-state index contributed by atoms with van der Waals surface area (Å²) in [7, 11) is 0. The molecule has 0 bridgehead atoms. The minimum absolute atomic E-state index is 0. The predicted molar refractivity (Wildman–Crippen MR) is 89.3 cm³/mol.